The SMILES string of the molecule is CCCC1CCC(c2ccc(C3=CCc4c(cc(F)c(OC(F)(F)F)c4F)C3)cc2)C(F)C1. The Morgan fingerprint density at radius 2 is 1.79 bits per heavy atom. The first-order chi connectivity index (χ1) is 15.7. The van der Waals surface area contributed by atoms with Gasteiger partial charge in [-0.3, -0.25) is 0 Å². The minimum atomic E-state index is -5.18. The molecular formula is C26H26F6O. The summed E-state index contributed by atoms with van der Waals surface area (Å²) in [5, 5.41) is 0. The first kappa shape index (κ1) is 23.7. The third-order valence-corrected chi connectivity index (χ3v) is 6.81. The van der Waals surface area contributed by atoms with Crippen LogP contribution in [0, 0.1) is 17.6 Å². The lowest BCUT2D eigenvalue weighted by molar-refractivity contribution is -0.276. The summed E-state index contributed by atoms with van der Waals surface area (Å²) < 4.78 is 84.4. The van der Waals surface area contributed by atoms with Crippen molar-refractivity contribution in [3.8, 4) is 5.75 Å². The van der Waals surface area contributed by atoms with E-state index in [2.05, 4.69) is 11.7 Å². The summed E-state index contributed by atoms with van der Waals surface area (Å²) in [4.78, 5) is 0. The molecule has 178 valence electrons. The van der Waals surface area contributed by atoms with Crippen LogP contribution >= 0.6 is 0 Å². The standard InChI is InChI=1S/C26H26F6O/c1-2-3-15-4-10-20(22(27)12-15)17-7-5-16(6-8-17)18-9-11-21-19(13-18)14-23(28)25(24(21)29)33-26(30,31)32/h5-9,14-15,20,22H,2-4,10-13H2,1H3. The summed E-state index contributed by atoms with van der Waals surface area (Å²) >= 11 is 0. The van der Waals surface area contributed by atoms with E-state index in [9.17, 15) is 26.3 Å². The highest BCUT2D eigenvalue weighted by Crippen LogP contribution is 2.41. The zero-order valence-corrected chi connectivity index (χ0v) is 18.3. The van der Waals surface area contributed by atoms with Crippen LogP contribution < -0.4 is 4.74 Å². The number of allylic oxidation sites excluding steroid dienone is 2. The van der Waals surface area contributed by atoms with Crippen LogP contribution in [-0.4, -0.2) is 12.5 Å². The molecule has 3 atom stereocenters. The molecule has 3 unspecified atom stereocenters. The molecule has 0 amide bonds. The zero-order chi connectivity index (χ0) is 23.8. The smallest absolute Gasteiger partial charge is 0.399 e. The molecule has 33 heavy (non-hydrogen) atoms. The Bertz CT molecular complexity index is 1020. The number of hydrogen-bond donors (Lipinski definition) is 0. The van der Waals surface area contributed by atoms with E-state index in [1.165, 1.54) is 0 Å². The van der Waals surface area contributed by atoms with E-state index < -0.39 is 29.9 Å². The fourth-order valence-electron chi connectivity index (χ4n) is 5.19. The number of alkyl halides is 4. The van der Waals surface area contributed by atoms with Crippen molar-refractivity contribution in [3.05, 3.63) is 70.3 Å². The molecule has 0 saturated heterocycles. The van der Waals surface area contributed by atoms with Gasteiger partial charge in [0.15, 0.2) is 11.6 Å². The van der Waals surface area contributed by atoms with E-state index in [1.807, 2.05) is 24.3 Å². The molecule has 0 radical (unpaired) electrons. The molecule has 0 bridgehead atoms. The fourth-order valence-corrected chi connectivity index (χ4v) is 5.19. The minimum absolute atomic E-state index is 0.000121. The molecule has 2 aliphatic carbocycles. The van der Waals surface area contributed by atoms with Gasteiger partial charge in [-0.2, -0.15) is 0 Å². The van der Waals surface area contributed by atoms with Crippen molar-refractivity contribution in [2.45, 2.75) is 70.3 Å². The molecule has 1 fully saturated rings. The van der Waals surface area contributed by atoms with Crippen LogP contribution in [0.1, 0.15) is 67.2 Å². The van der Waals surface area contributed by atoms with Crippen molar-refractivity contribution in [1.82, 2.24) is 0 Å². The van der Waals surface area contributed by atoms with Crippen LogP contribution in [-0.2, 0) is 12.8 Å². The quantitative estimate of drug-likeness (QED) is 0.403. The Hall–Kier alpha value is -2.44. The molecular weight excluding hydrogens is 442 g/mol. The number of halogens is 6. The van der Waals surface area contributed by atoms with Gasteiger partial charge in [0.1, 0.15) is 6.17 Å². The molecule has 7 heteroatoms. The highest BCUT2D eigenvalue weighted by Gasteiger charge is 2.36. The van der Waals surface area contributed by atoms with Gasteiger partial charge < -0.3 is 4.74 Å². The summed E-state index contributed by atoms with van der Waals surface area (Å²) in [5.41, 5.74) is 2.90. The lowest BCUT2D eigenvalue weighted by Gasteiger charge is -2.32. The summed E-state index contributed by atoms with van der Waals surface area (Å²) in [6, 6.07) is 8.48. The Morgan fingerprint density at radius 1 is 1.06 bits per heavy atom. The molecule has 2 aromatic rings. The van der Waals surface area contributed by atoms with E-state index in [-0.39, 0.29) is 24.3 Å². The summed E-state index contributed by atoms with van der Waals surface area (Å²) in [5.74, 6) is -3.79. The van der Waals surface area contributed by atoms with Crippen LogP contribution in [0.3, 0.4) is 0 Å². The fraction of sp³-hybridized carbons (Fsp3) is 0.462. The average Bonchev–Trinajstić information content (AvgIpc) is 2.76. The lowest BCUT2D eigenvalue weighted by atomic mass is 9.75. The second-order valence-electron chi connectivity index (χ2n) is 9.01. The highest BCUT2D eigenvalue weighted by atomic mass is 19.4. The summed E-state index contributed by atoms with van der Waals surface area (Å²) in [7, 11) is 0. The van der Waals surface area contributed by atoms with E-state index in [0.29, 0.717) is 17.9 Å². The predicted octanol–water partition coefficient (Wildman–Crippen LogP) is 8.07. The van der Waals surface area contributed by atoms with Crippen molar-refractivity contribution in [1.29, 1.82) is 0 Å². The minimum Gasteiger partial charge on any atom is -0.399 e. The van der Waals surface area contributed by atoms with Gasteiger partial charge in [0.05, 0.1) is 0 Å². The van der Waals surface area contributed by atoms with Crippen LogP contribution in [0.25, 0.3) is 5.57 Å². The number of fused-ring (bicyclic) bond motifs is 1. The van der Waals surface area contributed by atoms with E-state index in [1.54, 1.807) is 6.08 Å². The predicted molar refractivity (Wildman–Crippen MR) is 115 cm³/mol. The number of ether oxygens (including phenoxy) is 1. The van der Waals surface area contributed by atoms with Gasteiger partial charge in [-0.15, -0.1) is 13.2 Å². The monoisotopic (exact) mass is 468 g/mol. The molecule has 0 heterocycles. The maximum atomic E-state index is 14.8. The van der Waals surface area contributed by atoms with Crippen molar-refractivity contribution >= 4 is 5.57 Å². The summed E-state index contributed by atoms with van der Waals surface area (Å²) in [6.07, 6.45) is 0.475. The molecule has 1 saturated carbocycles. The molecule has 0 aliphatic heterocycles. The maximum Gasteiger partial charge on any atom is 0.573 e. The molecule has 0 aromatic heterocycles. The molecule has 2 aromatic carbocycles. The van der Waals surface area contributed by atoms with E-state index >= 15 is 0 Å². The highest BCUT2D eigenvalue weighted by molar-refractivity contribution is 5.71. The van der Waals surface area contributed by atoms with Gasteiger partial charge in [0.2, 0.25) is 5.75 Å². The molecule has 0 N–H and O–H groups in total. The largest absolute Gasteiger partial charge is 0.573 e. The zero-order valence-electron chi connectivity index (χ0n) is 18.3. The van der Waals surface area contributed by atoms with Gasteiger partial charge in [0.25, 0.3) is 0 Å². The lowest BCUT2D eigenvalue weighted by Crippen LogP contribution is -2.24. The van der Waals surface area contributed by atoms with Crippen molar-refractivity contribution in [2.24, 2.45) is 5.92 Å². The average molecular weight is 468 g/mol. The second kappa shape index (κ2) is 9.43. The molecule has 0 spiro atoms. The molecule has 2 aliphatic rings. The Balaban J connectivity index is 1.49. The number of benzene rings is 2. The second-order valence-corrected chi connectivity index (χ2v) is 9.01. The molecule has 1 nitrogen and oxygen atoms in total. The first-order valence-electron chi connectivity index (χ1n) is 11.3. The van der Waals surface area contributed by atoms with Gasteiger partial charge in [-0.05, 0) is 71.9 Å². The third-order valence-electron chi connectivity index (χ3n) is 6.81. The summed E-state index contributed by atoms with van der Waals surface area (Å²) in [6.45, 7) is 2.12. The Kier molecular flexibility index (Phi) is 6.78. The van der Waals surface area contributed by atoms with E-state index in [4.69, 9.17) is 0 Å². The van der Waals surface area contributed by atoms with Crippen molar-refractivity contribution in [3.63, 3.8) is 0 Å². The topological polar surface area (TPSA) is 9.23 Å². The van der Waals surface area contributed by atoms with E-state index in [0.717, 1.165) is 48.4 Å². The van der Waals surface area contributed by atoms with Crippen molar-refractivity contribution < 1.29 is 31.1 Å². The van der Waals surface area contributed by atoms with Crippen LogP contribution in [0.2, 0.25) is 0 Å². The maximum absolute atomic E-state index is 14.8. The van der Waals surface area contributed by atoms with Gasteiger partial charge >= 0.3 is 6.36 Å². The van der Waals surface area contributed by atoms with Crippen LogP contribution in [0.5, 0.6) is 5.75 Å². The normalized spacial score (nSPS) is 23.1. The Labute approximate surface area is 189 Å². The third kappa shape index (κ3) is 5.22. The molecule has 4 rings (SSSR count). The van der Waals surface area contributed by atoms with Crippen LogP contribution in [0.15, 0.2) is 36.4 Å². The van der Waals surface area contributed by atoms with Crippen molar-refractivity contribution in [2.75, 3.05) is 0 Å². The number of rotatable bonds is 5. The van der Waals surface area contributed by atoms with Gasteiger partial charge in [0, 0.05) is 5.92 Å². The first-order valence-corrected chi connectivity index (χ1v) is 11.3. The number of hydrogen-bond acceptors (Lipinski definition) is 1. The van der Waals surface area contributed by atoms with Gasteiger partial charge in [-0.1, -0.05) is 50.1 Å². The Morgan fingerprint density at radius 3 is 2.42 bits per heavy atom. The van der Waals surface area contributed by atoms with Gasteiger partial charge in [-0.25, -0.2) is 13.2 Å². The van der Waals surface area contributed by atoms with Crippen LogP contribution in [0.4, 0.5) is 26.3 Å².